The number of carboxylic acid groups (broad SMARTS) is 1. The summed E-state index contributed by atoms with van der Waals surface area (Å²) in [5, 5.41) is 9.96. The van der Waals surface area contributed by atoms with E-state index in [0.29, 0.717) is 29.5 Å². The summed E-state index contributed by atoms with van der Waals surface area (Å²) in [4.78, 5) is 15.9. The predicted molar refractivity (Wildman–Crippen MR) is 157 cm³/mol. The molecule has 0 aliphatic heterocycles. The van der Waals surface area contributed by atoms with Crippen molar-refractivity contribution in [2.45, 2.75) is 44.9 Å². The van der Waals surface area contributed by atoms with Crippen LogP contribution in [0.5, 0.6) is 5.75 Å². The Kier molecular flexibility index (Phi) is 8.57. The number of aliphatic carboxylic acids is 1. The lowest BCUT2D eigenvalue weighted by Gasteiger charge is -2.17. The van der Waals surface area contributed by atoms with Gasteiger partial charge in [-0.05, 0) is 64.4 Å². The summed E-state index contributed by atoms with van der Waals surface area (Å²) in [5.41, 5.74) is 4.00. The summed E-state index contributed by atoms with van der Waals surface area (Å²) in [6.45, 7) is 2.21. The van der Waals surface area contributed by atoms with E-state index in [-0.39, 0.29) is 12.1 Å². The Bertz CT molecular complexity index is 1680. The Morgan fingerprint density at radius 3 is 2.33 bits per heavy atom. The van der Waals surface area contributed by atoms with Crippen LogP contribution in [0.1, 0.15) is 53.5 Å². The van der Waals surface area contributed by atoms with Gasteiger partial charge in [-0.15, -0.1) is 0 Å². The highest BCUT2D eigenvalue weighted by atomic mass is 19.4. The second-order valence-corrected chi connectivity index (χ2v) is 10.3. The summed E-state index contributed by atoms with van der Waals surface area (Å²) in [5.74, 6) is -0.816. The topological polar surface area (TPSA) is 59.4 Å². The molecule has 0 fully saturated rings. The lowest BCUT2D eigenvalue weighted by Crippen LogP contribution is -2.11. The molecule has 1 unspecified atom stereocenters. The number of alkyl halides is 3. The number of fused-ring (bicyclic) bond motifs is 1. The minimum Gasteiger partial charge on any atom is -0.489 e. The Hall–Kier alpha value is -4.65. The average molecular weight is 570 g/mol. The molecule has 0 saturated heterocycles. The van der Waals surface area contributed by atoms with Gasteiger partial charge in [0.1, 0.15) is 12.4 Å². The van der Waals surface area contributed by atoms with Gasteiger partial charge in [-0.1, -0.05) is 92.2 Å². The monoisotopic (exact) mass is 569 g/mol. The number of hydrogen-bond acceptors (Lipinski definition) is 3. The summed E-state index contributed by atoms with van der Waals surface area (Å²) in [7, 11) is 0. The summed E-state index contributed by atoms with van der Waals surface area (Å²) >= 11 is 0. The van der Waals surface area contributed by atoms with E-state index in [4.69, 9.17) is 4.74 Å². The number of rotatable bonds is 10. The van der Waals surface area contributed by atoms with Crippen molar-refractivity contribution >= 4 is 16.9 Å². The number of ether oxygens (including phenoxy) is 1. The van der Waals surface area contributed by atoms with Gasteiger partial charge >= 0.3 is 12.1 Å². The van der Waals surface area contributed by atoms with Gasteiger partial charge in [0.25, 0.3) is 0 Å². The van der Waals surface area contributed by atoms with Crippen molar-refractivity contribution in [2.24, 2.45) is 0 Å². The standard InChI is InChI=1S/C35H30F3NO3/c1-2-8-29(34(40)41)25-17-15-24(16-18-25)22-42-28-12-6-11-26(20-28)32-27(19-23-9-4-3-5-10-23)21-39-33-30(32)13-7-14-31(33)35(36,37)38/h3-7,9-18,20-21,29H,2,8,19,22H2,1H3,(H,40,41). The number of halogens is 3. The lowest BCUT2D eigenvalue weighted by molar-refractivity contribution is -0.139. The number of nitrogens with zero attached hydrogens (tertiary/aromatic N) is 1. The number of carbonyl (C=O) groups is 1. The zero-order chi connectivity index (χ0) is 29.7. The maximum atomic E-state index is 13.9. The third kappa shape index (κ3) is 6.46. The van der Waals surface area contributed by atoms with Crippen LogP contribution in [-0.2, 0) is 24.0 Å². The fourth-order valence-electron chi connectivity index (χ4n) is 5.26. The first kappa shape index (κ1) is 28.9. The lowest BCUT2D eigenvalue weighted by atomic mass is 9.92. The van der Waals surface area contributed by atoms with Crippen LogP contribution < -0.4 is 4.74 Å². The summed E-state index contributed by atoms with van der Waals surface area (Å²) in [6, 6.07) is 28.6. The van der Waals surface area contributed by atoms with Crippen molar-refractivity contribution < 1.29 is 27.8 Å². The van der Waals surface area contributed by atoms with Gasteiger partial charge in [0, 0.05) is 11.6 Å². The molecule has 5 aromatic rings. The predicted octanol–water partition coefficient (Wildman–Crippen LogP) is 9.06. The number of carboxylic acids is 1. The summed E-state index contributed by atoms with van der Waals surface area (Å²) in [6.07, 6.45) is -1.15. The van der Waals surface area contributed by atoms with Crippen molar-refractivity contribution in [3.05, 3.63) is 131 Å². The molecule has 5 rings (SSSR count). The van der Waals surface area contributed by atoms with Crippen LogP contribution >= 0.6 is 0 Å². The molecule has 1 aromatic heterocycles. The quantitative estimate of drug-likeness (QED) is 0.182. The van der Waals surface area contributed by atoms with E-state index in [1.807, 2.05) is 79.7 Å². The zero-order valence-electron chi connectivity index (χ0n) is 23.1. The van der Waals surface area contributed by atoms with Crippen molar-refractivity contribution in [3.8, 4) is 16.9 Å². The van der Waals surface area contributed by atoms with Crippen molar-refractivity contribution in [2.75, 3.05) is 0 Å². The smallest absolute Gasteiger partial charge is 0.418 e. The highest BCUT2D eigenvalue weighted by Gasteiger charge is 2.33. The molecule has 0 amide bonds. The first-order chi connectivity index (χ1) is 20.2. The van der Waals surface area contributed by atoms with E-state index < -0.39 is 23.6 Å². The molecular weight excluding hydrogens is 539 g/mol. The molecule has 0 saturated carbocycles. The van der Waals surface area contributed by atoms with Gasteiger partial charge < -0.3 is 9.84 Å². The van der Waals surface area contributed by atoms with Crippen LogP contribution in [0, 0.1) is 0 Å². The van der Waals surface area contributed by atoms with Gasteiger partial charge in [0.05, 0.1) is 17.0 Å². The second kappa shape index (κ2) is 12.5. The van der Waals surface area contributed by atoms with Gasteiger partial charge in [0.15, 0.2) is 0 Å². The highest BCUT2D eigenvalue weighted by molar-refractivity contribution is 5.98. The fraction of sp³-hybridized carbons (Fsp3) is 0.200. The molecule has 0 spiro atoms. The maximum absolute atomic E-state index is 13.9. The first-order valence-corrected chi connectivity index (χ1v) is 13.8. The SMILES string of the molecule is CCCC(C(=O)O)c1ccc(COc2cccc(-c3c(Cc4ccccc4)cnc4c(C(F)(F)F)cccc34)c2)cc1. The molecule has 7 heteroatoms. The molecule has 0 radical (unpaired) electrons. The van der Waals surface area contributed by atoms with Gasteiger partial charge in [-0.25, -0.2) is 0 Å². The molecule has 1 atom stereocenters. The Morgan fingerprint density at radius 1 is 0.905 bits per heavy atom. The Balaban J connectivity index is 1.48. The van der Waals surface area contributed by atoms with E-state index in [9.17, 15) is 23.1 Å². The number of aromatic nitrogens is 1. The number of hydrogen-bond donors (Lipinski definition) is 1. The Morgan fingerprint density at radius 2 is 1.64 bits per heavy atom. The van der Waals surface area contributed by atoms with Crippen LogP contribution in [0.2, 0.25) is 0 Å². The molecular formula is C35H30F3NO3. The van der Waals surface area contributed by atoms with Crippen molar-refractivity contribution in [1.29, 1.82) is 0 Å². The molecule has 0 aliphatic carbocycles. The molecule has 1 heterocycles. The van der Waals surface area contributed by atoms with Gasteiger partial charge in [-0.3, -0.25) is 9.78 Å². The van der Waals surface area contributed by atoms with Gasteiger partial charge in [0.2, 0.25) is 0 Å². The molecule has 1 N–H and O–H groups in total. The van der Waals surface area contributed by atoms with Crippen LogP contribution in [0.4, 0.5) is 13.2 Å². The third-order valence-corrected chi connectivity index (χ3v) is 7.30. The average Bonchev–Trinajstić information content (AvgIpc) is 2.99. The first-order valence-electron chi connectivity index (χ1n) is 13.8. The Labute approximate surface area is 242 Å². The van der Waals surface area contributed by atoms with E-state index in [1.165, 1.54) is 12.3 Å². The number of benzene rings is 4. The minimum atomic E-state index is -4.54. The largest absolute Gasteiger partial charge is 0.489 e. The molecule has 4 nitrogen and oxygen atoms in total. The molecule has 0 bridgehead atoms. The molecule has 0 aliphatic rings. The maximum Gasteiger partial charge on any atom is 0.418 e. The molecule has 4 aromatic carbocycles. The number of para-hydroxylation sites is 1. The van der Waals surface area contributed by atoms with Crippen molar-refractivity contribution in [1.82, 2.24) is 4.98 Å². The number of pyridine rings is 1. The molecule has 42 heavy (non-hydrogen) atoms. The minimum absolute atomic E-state index is 0.0917. The van der Waals surface area contributed by atoms with Crippen LogP contribution in [-0.4, -0.2) is 16.1 Å². The van der Waals surface area contributed by atoms with E-state index in [0.717, 1.165) is 40.3 Å². The fourth-order valence-corrected chi connectivity index (χ4v) is 5.26. The van der Waals surface area contributed by atoms with Crippen LogP contribution in [0.25, 0.3) is 22.0 Å². The van der Waals surface area contributed by atoms with Crippen LogP contribution in [0.3, 0.4) is 0 Å². The van der Waals surface area contributed by atoms with Crippen LogP contribution in [0.15, 0.2) is 103 Å². The van der Waals surface area contributed by atoms with Gasteiger partial charge in [-0.2, -0.15) is 13.2 Å². The molecule has 214 valence electrons. The van der Waals surface area contributed by atoms with E-state index >= 15 is 0 Å². The zero-order valence-corrected chi connectivity index (χ0v) is 23.1. The highest BCUT2D eigenvalue weighted by Crippen LogP contribution is 2.39. The summed E-state index contributed by atoms with van der Waals surface area (Å²) < 4.78 is 47.7. The van der Waals surface area contributed by atoms with Crippen molar-refractivity contribution in [3.63, 3.8) is 0 Å². The normalized spacial score (nSPS) is 12.3. The van der Waals surface area contributed by atoms with E-state index in [2.05, 4.69) is 4.98 Å². The van der Waals surface area contributed by atoms with E-state index in [1.54, 1.807) is 12.1 Å². The third-order valence-electron chi connectivity index (χ3n) is 7.30. The second-order valence-electron chi connectivity index (χ2n) is 10.3.